The van der Waals surface area contributed by atoms with E-state index in [9.17, 15) is 19.5 Å². The Morgan fingerprint density at radius 1 is 0.690 bits per heavy atom. The highest BCUT2D eigenvalue weighted by atomic mass is 16.4. The Morgan fingerprint density at radius 3 is 1.86 bits per heavy atom. The van der Waals surface area contributed by atoms with Gasteiger partial charge in [-0.2, -0.15) is 0 Å². The minimum atomic E-state index is -1.26. The maximum Gasteiger partial charge on any atom is 0.336 e. The highest BCUT2D eigenvalue weighted by Gasteiger charge is 2.20. The molecule has 0 aliphatic heterocycles. The number of benzene rings is 2. The zero-order chi connectivity index (χ0) is 21.2. The third-order valence-corrected chi connectivity index (χ3v) is 5.03. The predicted molar refractivity (Wildman–Crippen MR) is 112 cm³/mol. The first-order valence-corrected chi connectivity index (χ1v) is 10.2. The van der Waals surface area contributed by atoms with Gasteiger partial charge in [-0.05, 0) is 36.6 Å². The lowest BCUT2D eigenvalue weighted by atomic mass is 9.95. The number of carboxylic acid groups (broad SMARTS) is 2. The van der Waals surface area contributed by atoms with Crippen molar-refractivity contribution in [1.82, 2.24) is 0 Å². The highest BCUT2D eigenvalue weighted by molar-refractivity contribution is 6.15. The molecule has 2 rings (SSSR count). The number of carboxylic acids is 2. The highest BCUT2D eigenvalue weighted by Crippen LogP contribution is 2.19. The van der Waals surface area contributed by atoms with Crippen LogP contribution in [0.2, 0.25) is 0 Å². The fourth-order valence-corrected chi connectivity index (χ4v) is 3.32. The van der Waals surface area contributed by atoms with Crippen LogP contribution in [0.25, 0.3) is 0 Å². The van der Waals surface area contributed by atoms with Crippen molar-refractivity contribution in [1.29, 1.82) is 0 Å². The van der Waals surface area contributed by atoms with Gasteiger partial charge >= 0.3 is 11.9 Å². The van der Waals surface area contributed by atoms with Crippen LogP contribution in [0.1, 0.15) is 94.1 Å². The van der Waals surface area contributed by atoms with E-state index in [0.29, 0.717) is 5.56 Å². The van der Waals surface area contributed by atoms with Gasteiger partial charge in [-0.25, -0.2) is 9.59 Å². The summed E-state index contributed by atoms with van der Waals surface area (Å²) in [7, 11) is 0. The first-order valence-electron chi connectivity index (χ1n) is 10.2. The van der Waals surface area contributed by atoms with Gasteiger partial charge in [0.25, 0.3) is 0 Å². The van der Waals surface area contributed by atoms with E-state index in [1.165, 1.54) is 44.6 Å². The standard InChI is InChI=1S/C24H28O5/c1-2-3-4-5-6-7-8-9-17-10-12-18(13-11-17)22(25)21-16-19(23(26)27)14-15-20(21)24(28)29/h10-16H,2-9H2,1H3,(H,26,27)(H,28,29). The van der Waals surface area contributed by atoms with E-state index in [2.05, 4.69) is 6.92 Å². The largest absolute Gasteiger partial charge is 0.478 e. The van der Waals surface area contributed by atoms with Gasteiger partial charge in [0.15, 0.2) is 5.78 Å². The van der Waals surface area contributed by atoms with E-state index in [0.717, 1.165) is 30.5 Å². The third kappa shape index (κ3) is 6.56. The van der Waals surface area contributed by atoms with Crippen LogP contribution in [0.4, 0.5) is 0 Å². The number of hydrogen-bond donors (Lipinski definition) is 2. The zero-order valence-electron chi connectivity index (χ0n) is 16.8. The summed E-state index contributed by atoms with van der Waals surface area (Å²) >= 11 is 0. The van der Waals surface area contributed by atoms with Gasteiger partial charge in [0.05, 0.1) is 11.1 Å². The Kier molecular flexibility index (Phi) is 8.59. The molecule has 0 fully saturated rings. The molecule has 0 amide bonds. The summed E-state index contributed by atoms with van der Waals surface area (Å²) in [6.07, 6.45) is 9.61. The number of carbonyl (C=O) groups excluding carboxylic acids is 1. The molecule has 0 radical (unpaired) electrons. The lowest BCUT2D eigenvalue weighted by Gasteiger charge is -2.08. The zero-order valence-corrected chi connectivity index (χ0v) is 16.8. The fourth-order valence-electron chi connectivity index (χ4n) is 3.32. The van der Waals surface area contributed by atoms with E-state index >= 15 is 0 Å². The van der Waals surface area contributed by atoms with Crippen LogP contribution in [0, 0.1) is 0 Å². The normalized spacial score (nSPS) is 10.7. The summed E-state index contributed by atoms with van der Waals surface area (Å²) in [6.45, 7) is 2.21. The van der Waals surface area contributed by atoms with Crippen LogP contribution < -0.4 is 0 Å². The van der Waals surface area contributed by atoms with Gasteiger partial charge in [0.1, 0.15) is 0 Å². The Balaban J connectivity index is 2.02. The molecule has 5 heteroatoms. The SMILES string of the molecule is CCCCCCCCCc1ccc(C(=O)c2cc(C(=O)O)ccc2C(=O)O)cc1. The lowest BCUT2D eigenvalue weighted by molar-refractivity contribution is 0.0679. The molecule has 0 saturated heterocycles. The predicted octanol–water partition coefficient (Wildman–Crippen LogP) is 5.61. The fraction of sp³-hybridized carbons (Fsp3) is 0.375. The van der Waals surface area contributed by atoms with Gasteiger partial charge in [-0.3, -0.25) is 4.79 Å². The average molecular weight is 396 g/mol. The van der Waals surface area contributed by atoms with E-state index < -0.39 is 17.7 Å². The molecule has 0 atom stereocenters. The monoisotopic (exact) mass is 396 g/mol. The summed E-state index contributed by atoms with van der Waals surface area (Å²) in [5, 5.41) is 18.5. The van der Waals surface area contributed by atoms with Crippen LogP contribution in [0.3, 0.4) is 0 Å². The van der Waals surface area contributed by atoms with Crippen molar-refractivity contribution in [3.63, 3.8) is 0 Å². The van der Waals surface area contributed by atoms with Crippen molar-refractivity contribution in [3.05, 3.63) is 70.3 Å². The van der Waals surface area contributed by atoms with Gasteiger partial charge in [-0.15, -0.1) is 0 Å². The molecule has 0 spiro atoms. The van der Waals surface area contributed by atoms with Gasteiger partial charge in [0.2, 0.25) is 0 Å². The van der Waals surface area contributed by atoms with E-state index in [4.69, 9.17) is 5.11 Å². The van der Waals surface area contributed by atoms with Crippen LogP contribution in [0.15, 0.2) is 42.5 Å². The van der Waals surface area contributed by atoms with Crippen molar-refractivity contribution in [2.75, 3.05) is 0 Å². The summed E-state index contributed by atoms with van der Waals surface area (Å²) in [4.78, 5) is 35.4. The summed E-state index contributed by atoms with van der Waals surface area (Å²) in [5.41, 5.74) is 1.05. The second-order valence-electron chi connectivity index (χ2n) is 7.27. The van der Waals surface area contributed by atoms with Crippen molar-refractivity contribution in [2.45, 2.75) is 58.3 Å². The first kappa shape index (κ1) is 22.3. The van der Waals surface area contributed by atoms with Crippen molar-refractivity contribution >= 4 is 17.7 Å². The molecule has 0 aromatic heterocycles. The maximum absolute atomic E-state index is 12.8. The van der Waals surface area contributed by atoms with Crippen molar-refractivity contribution < 1.29 is 24.6 Å². The number of ketones is 1. The Hall–Kier alpha value is -2.95. The Morgan fingerprint density at radius 2 is 1.28 bits per heavy atom. The topological polar surface area (TPSA) is 91.7 Å². The second-order valence-corrected chi connectivity index (χ2v) is 7.27. The number of rotatable bonds is 12. The molecule has 0 unspecified atom stereocenters. The maximum atomic E-state index is 12.8. The smallest absolute Gasteiger partial charge is 0.336 e. The molecule has 0 bridgehead atoms. The molecular weight excluding hydrogens is 368 g/mol. The molecule has 2 aromatic carbocycles. The van der Waals surface area contributed by atoms with Gasteiger partial charge in [-0.1, -0.05) is 69.7 Å². The van der Waals surface area contributed by atoms with Gasteiger partial charge in [0, 0.05) is 11.1 Å². The molecule has 2 N–H and O–H groups in total. The minimum Gasteiger partial charge on any atom is -0.478 e. The van der Waals surface area contributed by atoms with Crippen molar-refractivity contribution in [2.24, 2.45) is 0 Å². The van der Waals surface area contributed by atoms with Crippen molar-refractivity contribution in [3.8, 4) is 0 Å². The number of carbonyl (C=O) groups is 3. The first-order chi connectivity index (χ1) is 13.9. The molecule has 0 heterocycles. The molecule has 0 aliphatic carbocycles. The summed E-state index contributed by atoms with van der Waals surface area (Å²) in [5.74, 6) is -2.96. The van der Waals surface area contributed by atoms with E-state index in [1.807, 2.05) is 12.1 Å². The molecule has 2 aromatic rings. The van der Waals surface area contributed by atoms with Crippen LogP contribution in [0.5, 0.6) is 0 Å². The van der Waals surface area contributed by atoms with Crippen LogP contribution in [-0.2, 0) is 6.42 Å². The summed E-state index contributed by atoms with van der Waals surface area (Å²) < 4.78 is 0. The molecule has 29 heavy (non-hydrogen) atoms. The average Bonchev–Trinajstić information content (AvgIpc) is 2.72. The Bertz CT molecular complexity index is 852. The molecule has 0 aliphatic rings. The van der Waals surface area contributed by atoms with E-state index in [-0.39, 0.29) is 16.7 Å². The summed E-state index contributed by atoms with van der Waals surface area (Å²) in [6, 6.07) is 10.6. The third-order valence-electron chi connectivity index (χ3n) is 5.03. The number of unbranched alkanes of at least 4 members (excludes halogenated alkanes) is 6. The van der Waals surface area contributed by atoms with Crippen LogP contribution >= 0.6 is 0 Å². The number of aromatic carboxylic acids is 2. The lowest BCUT2D eigenvalue weighted by Crippen LogP contribution is -2.12. The Labute approximate surface area is 171 Å². The molecule has 5 nitrogen and oxygen atoms in total. The quantitative estimate of drug-likeness (QED) is 0.359. The van der Waals surface area contributed by atoms with Crippen LogP contribution in [-0.4, -0.2) is 27.9 Å². The number of hydrogen-bond acceptors (Lipinski definition) is 3. The van der Waals surface area contributed by atoms with Gasteiger partial charge < -0.3 is 10.2 Å². The molecular formula is C24H28O5. The molecule has 0 saturated carbocycles. The molecule has 154 valence electrons. The van der Waals surface area contributed by atoms with E-state index in [1.54, 1.807) is 12.1 Å². The second kappa shape index (κ2) is 11.1. The number of aryl methyl sites for hydroxylation is 1. The minimum absolute atomic E-state index is 0.114.